The summed E-state index contributed by atoms with van der Waals surface area (Å²) in [5.41, 5.74) is 2.22. The van der Waals surface area contributed by atoms with E-state index < -0.39 is 0 Å². The summed E-state index contributed by atoms with van der Waals surface area (Å²) in [6.45, 7) is 12.8. The lowest BCUT2D eigenvalue weighted by molar-refractivity contribution is -0.00501. The molecule has 1 aromatic carbocycles. The molecule has 2 saturated heterocycles. The number of hydrogen-bond donors (Lipinski definition) is 1. The van der Waals surface area contributed by atoms with E-state index in [2.05, 4.69) is 56.7 Å². The number of rotatable bonds is 4. The van der Waals surface area contributed by atoms with Crippen LogP contribution in [0.15, 0.2) is 24.3 Å². The minimum Gasteiger partial charge on any atom is -0.341 e. The highest BCUT2D eigenvalue weighted by atomic mass is 15.4. The molecule has 2 aliphatic heterocycles. The van der Waals surface area contributed by atoms with E-state index in [0.717, 1.165) is 29.4 Å². The first kappa shape index (κ1) is 15.1. The number of H-pyrrole nitrogens is 1. The number of fused-ring (bicyclic) bond motifs is 1. The maximum Gasteiger partial charge on any atom is 0.121 e. The van der Waals surface area contributed by atoms with Gasteiger partial charge in [-0.05, 0) is 26.0 Å². The summed E-state index contributed by atoms with van der Waals surface area (Å²) < 4.78 is 0. The van der Waals surface area contributed by atoms with E-state index in [0.29, 0.717) is 6.04 Å². The highest BCUT2D eigenvalue weighted by Crippen LogP contribution is 2.20. The van der Waals surface area contributed by atoms with Gasteiger partial charge in [0.25, 0.3) is 0 Å². The average molecular weight is 313 g/mol. The van der Waals surface area contributed by atoms with Gasteiger partial charge in [0.2, 0.25) is 0 Å². The molecule has 0 unspecified atom stereocenters. The van der Waals surface area contributed by atoms with E-state index in [1.54, 1.807) is 0 Å². The Morgan fingerprint density at radius 1 is 1.13 bits per heavy atom. The van der Waals surface area contributed by atoms with Crippen LogP contribution >= 0.6 is 0 Å². The molecule has 0 amide bonds. The molecule has 0 aliphatic carbocycles. The SMILES string of the molecule is CC(C)N1CCN(C2CN(Cc3nc4ccccc4[nH]3)C2)CC1. The molecule has 0 bridgehead atoms. The molecule has 2 aromatic rings. The third kappa shape index (κ3) is 3.13. The molecule has 0 spiro atoms. The largest absolute Gasteiger partial charge is 0.341 e. The number of para-hydroxylation sites is 2. The van der Waals surface area contributed by atoms with Crippen molar-refractivity contribution in [3.8, 4) is 0 Å². The van der Waals surface area contributed by atoms with Crippen molar-refractivity contribution in [1.82, 2.24) is 24.7 Å². The fourth-order valence-corrected chi connectivity index (χ4v) is 3.81. The van der Waals surface area contributed by atoms with Gasteiger partial charge in [0, 0.05) is 51.4 Å². The van der Waals surface area contributed by atoms with Crippen LogP contribution in [0.2, 0.25) is 0 Å². The Balaban J connectivity index is 1.27. The van der Waals surface area contributed by atoms with Crippen molar-refractivity contribution < 1.29 is 0 Å². The molecule has 0 saturated carbocycles. The lowest BCUT2D eigenvalue weighted by atomic mass is 10.1. The van der Waals surface area contributed by atoms with Gasteiger partial charge < -0.3 is 4.98 Å². The van der Waals surface area contributed by atoms with Crippen LogP contribution < -0.4 is 0 Å². The fourth-order valence-electron chi connectivity index (χ4n) is 3.81. The number of imidazole rings is 1. The first-order chi connectivity index (χ1) is 11.2. The summed E-state index contributed by atoms with van der Waals surface area (Å²) in [5, 5.41) is 0. The van der Waals surface area contributed by atoms with E-state index in [1.165, 1.54) is 39.3 Å². The molecule has 0 atom stereocenters. The average Bonchev–Trinajstić information content (AvgIpc) is 2.93. The quantitative estimate of drug-likeness (QED) is 0.934. The Bertz CT molecular complexity index is 617. The third-order valence-corrected chi connectivity index (χ3v) is 5.35. The lowest BCUT2D eigenvalue weighted by Crippen LogP contribution is -2.63. The van der Waals surface area contributed by atoms with Crippen LogP contribution in [0, 0.1) is 0 Å². The highest BCUT2D eigenvalue weighted by Gasteiger charge is 2.33. The molecule has 124 valence electrons. The lowest BCUT2D eigenvalue weighted by Gasteiger charge is -2.48. The number of nitrogens with one attached hydrogen (secondary N) is 1. The number of nitrogens with zero attached hydrogens (tertiary/aromatic N) is 4. The molecule has 2 aliphatic rings. The second-order valence-corrected chi connectivity index (χ2v) is 7.21. The molecule has 1 N–H and O–H groups in total. The van der Waals surface area contributed by atoms with Crippen molar-refractivity contribution in [3.05, 3.63) is 30.1 Å². The van der Waals surface area contributed by atoms with Gasteiger partial charge in [0.05, 0.1) is 17.6 Å². The number of hydrogen-bond acceptors (Lipinski definition) is 4. The van der Waals surface area contributed by atoms with Crippen molar-refractivity contribution in [2.24, 2.45) is 0 Å². The monoisotopic (exact) mass is 313 g/mol. The minimum atomic E-state index is 0.683. The predicted octanol–water partition coefficient (Wildman–Crippen LogP) is 1.77. The number of aromatic amines is 1. The molecule has 3 heterocycles. The standard InChI is InChI=1S/C18H27N5/c1-14(2)22-7-9-23(10-8-22)15-11-21(12-15)13-18-19-16-5-3-4-6-17(16)20-18/h3-6,14-15H,7-13H2,1-2H3,(H,19,20). The number of likely N-dealkylation sites (tertiary alicyclic amines) is 1. The summed E-state index contributed by atoms with van der Waals surface area (Å²) in [6, 6.07) is 9.70. The van der Waals surface area contributed by atoms with Crippen LogP contribution in [-0.4, -0.2) is 76.0 Å². The molecular weight excluding hydrogens is 286 g/mol. The zero-order valence-electron chi connectivity index (χ0n) is 14.2. The number of piperazine rings is 1. The van der Waals surface area contributed by atoms with Crippen molar-refractivity contribution in [3.63, 3.8) is 0 Å². The molecule has 0 radical (unpaired) electrons. The summed E-state index contributed by atoms with van der Waals surface area (Å²) in [5.74, 6) is 1.09. The van der Waals surface area contributed by atoms with Gasteiger partial charge in [0.1, 0.15) is 5.82 Å². The Labute approximate surface area is 138 Å². The summed E-state index contributed by atoms with van der Waals surface area (Å²) >= 11 is 0. The Morgan fingerprint density at radius 2 is 1.87 bits per heavy atom. The van der Waals surface area contributed by atoms with E-state index in [9.17, 15) is 0 Å². The van der Waals surface area contributed by atoms with Crippen LogP contribution in [0.5, 0.6) is 0 Å². The molecule has 2 fully saturated rings. The van der Waals surface area contributed by atoms with Crippen LogP contribution in [0.25, 0.3) is 11.0 Å². The van der Waals surface area contributed by atoms with Gasteiger partial charge in [-0.15, -0.1) is 0 Å². The topological polar surface area (TPSA) is 38.4 Å². The van der Waals surface area contributed by atoms with E-state index in [1.807, 2.05) is 6.07 Å². The van der Waals surface area contributed by atoms with Crippen LogP contribution in [-0.2, 0) is 6.54 Å². The molecule has 5 heteroatoms. The molecule has 1 aromatic heterocycles. The van der Waals surface area contributed by atoms with Gasteiger partial charge in [-0.1, -0.05) is 12.1 Å². The predicted molar refractivity (Wildman–Crippen MR) is 93.4 cm³/mol. The summed E-state index contributed by atoms with van der Waals surface area (Å²) in [4.78, 5) is 15.9. The first-order valence-corrected chi connectivity index (χ1v) is 8.83. The molecule has 5 nitrogen and oxygen atoms in total. The summed E-state index contributed by atoms with van der Waals surface area (Å²) in [7, 11) is 0. The maximum atomic E-state index is 4.68. The Morgan fingerprint density at radius 3 is 2.57 bits per heavy atom. The van der Waals surface area contributed by atoms with Gasteiger partial charge in [-0.2, -0.15) is 0 Å². The van der Waals surface area contributed by atoms with Gasteiger partial charge >= 0.3 is 0 Å². The Kier molecular flexibility index (Phi) is 4.09. The van der Waals surface area contributed by atoms with Gasteiger partial charge in [0.15, 0.2) is 0 Å². The van der Waals surface area contributed by atoms with Crippen molar-refractivity contribution in [2.75, 3.05) is 39.3 Å². The van der Waals surface area contributed by atoms with Crippen LogP contribution in [0.4, 0.5) is 0 Å². The van der Waals surface area contributed by atoms with Gasteiger partial charge in [-0.25, -0.2) is 4.98 Å². The van der Waals surface area contributed by atoms with Crippen molar-refractivity contribution in [2.45, 2.75) is 32.5 Å². The molecular formula is C18H27N5. The smallest absolute Gasteiger partial charge is 0.121 e. The number of benzene rings is 1. The Hall–Kier alpha value is -1.43. The second kappa shape index (κ2) is 6.23. The summed E-state index contributed by atoms with van der Waals surface area (Å²) in [6.07, 6.45) is 0. The van der Waals surface area contributed by atoms with Crippen molar-refractivity contribution >= 4 is 11.0 Å². The zero-order valence-corrected chi connectivity index (χ0v) is 14.2. The van der Waals surface area contributed by atoms with E-state index in [-0.39, 0.29) is 0 Å². The fraction of sp³-hybridized carbons (Fsp3) is 0.611. The van der Waals surface area contributed by atoms with Crippen molar-refractivity contribution in [1.29, 1.82) is 0 Å². The van der Waals surface area contributed by atoms with E-state index >= 15 is 0 Å². The van der Waals surface area contributed by atoms with Gasteiger partial charge in [-0.3, -0.25) is 14.7 Å². The second-order valence-electron chi connectivity index (χ2n) is 7.21. The maximum absolute atomic E-state index is 4.68. The number of aromatic nitrogens is 2. The highest BCUT2D eigenvalue weighted by molar-refractivity contribution is 5.74. The third-order valence-electron chi connectivity index (χ3n) is 5.35. The normalized spacial score (nSPS) is 22.0. The zero-order chi connectivity index (χ0) is 15.8. The minimum absolute atomic E-state index is 0.683. The first-order valence-electron chi connectivity index (χ1n) is 8.83. The molecule has 23 heavy (non-hydrogen) atoms. The van der Waals surface area contributed by atoms with E-state index in [4.69, 9.17) is 0 Å². The van der Waals surface area contributed by atoms with Crippen LogP contribution in [0.3, 0.4) is 0 Å². The van der Waals surface area contributed by atoms with Crippen LogP contribution in [0.1, 0.15) is 19.7 Å². The molecule has 4 rings (SSSR count).